The van der Waals surface area contributed by atoms with E-state index in [-0.39, 0.29) is 11.7 Å². The molecule has 1 N–H and O–H groups in total. The average Bonchev–Trinajstić information content (AvgIpc) is 2.89. The molecule has 0 unspecified atom stereocenters. The molecule has 1 fully saturated rings. The van der Waals surface area contributed by atoms with Crippen molar-refractivity contribution in [3.8, 4) is 5.75 Å². The van der Waals surface area contributed by atoms with Crippen molar-refractivity contribution in [3.05, 3.63) is 89.5 Å². The van der Waals surface area contributed by atoms with Gasteiger partial charge in [0, 0.05) is 61.8 Å². The van der Waals surface area contributed by atoms with Gasteiger partial charge in [-0.3, -0.25) is 9.69 Å². The van der Waals surface area contributed by atoms with Crippen molar-refractivity contribution in [1.29, 1.82) is 0 Å². The summed E-state index contributed by atoms with van der Waals surface area (Å²) in [4.78, 5) is 19.5. The van der Waals surface area contributed by atoms with E-state index in [4.69, 9.17) is 0 Å². The van der Waals surface area contributed by atoms with Crippen LogP contribution in [0.1, 0.15) is 48.2 Å². The van der Waals surface area contributed by atoms with Crippen LogP contribution in [0.15, 0.2) is 72.8 Å². The zero-order valence-corrected chi connectivity index (χ0v) is 21.2. The summed E-state index contributed by atoms with van der Waals surface area (Å²) >= 11 is 0. The molecule has 35 heavy (non-hydrogen) atoms. The molecule has 1 amide bonds. The monoisotopic (exact) mass is 471 g/mol. The van der Waals surface area contributed by atoms with Gasteiger partial charge in [0.1, 0.15) is 5.75 Å². The van der Waals surface area contributed by atoms with Crippen LogP contribution in [0.5, 0.6) is 5.75 Å². The van der Waals surface area contributed by atoms with E-state index in [0.717, 1.165) is 49.4 Å². The van der Waals surface area contributed by atoms with Crippen molar-refractivity contribution in [2.75, 3.05) is 31.1 Å². The quantitative estimate of drug-likeness (QED) is 0.439. The van der Waals surface area contributed by atoms with Crippen LogP contribution >= 0.6 is 0 Å². The first-order valence-corrected chi connectivity index (χ1v) is 12.7. The number of rotatable bonds is 8. The van der Waals surface area contributed by atoms with E-state index in [9.17, 15) is 9.90 Å². The molecular weight excluding hydrogens is 434 g/mol. The maximum Gasteiger partial charge on any atom is 0.253 e. The van der Waals surface area contributed by atoms with Crippen molar-refractivity contribution in [2.45, 2.75) is 46.2 Å². The second-order valence-electron chi connectivity index (χ2n) is 9.36. The lowest BCUT2D eigenvalue weighted by Crippen LogP contribution is -2.43. The highest BCUT2D eigenvalue weighted by atomic mass is 16.3. The van der Waals surface area contributed by atoms with E-state index < -0.39 is 0 Å². The third kappa shape index (κ3) is 5.85. The van der Waals surface area contributed by atoms with Crippen LogP contribution in [0.3, 0.4) is 0 Å². The van der Waals surface area contributed by atoms with Crippen LogP contribution in [0.25, 0.3) is 0 Å². The summed E-state index contributed by atoms with van der Waals surface area (Å²) in [5.41, 5.74) is 5.26. The molecule has 1 aliphatic heterocycles. The first kappa shape index (κ1) is 24.8. The Morgan fingerprint density at radius 3 is 2.23 bits per heavy atom. The van der Waals surface area contributed by atoms with Crippen LogP contribution in [-0.4, -0.2) is 53.0 Å². The van der Waals surface area contributed by atoms with E-state index in [1.54, 1.807) is 6.07 Å². The number of phenolic OH excluding ortho intramolecular Hbond substituents is 1. The van der Waals surface area contributed by atoms with Crippen molar-refractivity contribution in [2.24, 2.45) is 0 Å². The summed E-state index contributed by atoms with van der Waals surface area (Å²) < 4.78 is 0. The number of hydrogen-bond acceptors (Lipinski definition) is 4. The number of carbonyl (C=O) groups is 1. The minimum atomic E-state index is 0.0656. The molecule has 5 nitrogen and oxygen atoms in total. The lowest BCUT2D eigenvalue weighted by molar-refractivity contribution is 0.0773. The maximum atomic E-state index is 12.8. The van der Waals surface area contributed by atoms with Gasteiger partial charge in [-0.25, -0.2) is 0 Å². The summed E-state index contributed by atoms with van der Waals surface area (Å²) in [5.74, 6) is 0.335. The van der Waals surface area contributed by atoms with Crippen LogP contribution in [0.4, 0.5) is 11.4 Å². The zero-order chi connectivity index (χ0) is 24.8. The van der Waals surface area contributed by atoms with Gasteiger partial charge in [-0.15, -0.1) is 0 Å². The molecule has 3 aromatic rings. The third-order valence-electron chi connectivity index (χ3n) is 7.07. The highest BCUT2D eigenvalue weighted by Gasteiger charge is 2.27. The van der Waals surface area contributed by atoms with E-state index >= 15 is 0 Å². The standard InChI is InChI=1S/C30H37N3O2/c1-4-32(5-2)30(35)25-12-14-26(15-13-25)33(29-21-28(34)16-11-23(29)3)27-17-19-31(20-18-27)22-24-9-7-6-8-10-24/h6-16,21,27,34H,4-5,17-20,22H2,1-3H3. The number of aromatic hydroxyl groups is 1. The molecule has 0 aromatic heterocycles. The van der Waals surface area contributed by atoms with Crippen LogP contribution in [0.2, 0.25) is 0 Å². The Hall–Kier alpha value is -3.31. The molecule has 5 heteroatoms. The number of anilines is 2. The summed E-state index contributed by atoms with van der Waals surface area (Å²) in [6, 6.07) is 24.5. The van der Waals surface area contributed by atoms with Gasteiger partial charge >= 0.3 is 0 Å². The molecular formula is C30H37N3O2. The molecule has 1 saturated heterocycles. The summed E-state index contributed by atoms with van der Waals surface area (Å²) in [5, 5.41) is 10.3. The van der Waals surface area contributed by atoms with Gasteiger partial charge < -0.3 is 14.9 Å². The number of piperidine rings is 1. The minimum absolute atomic E-state index is 0.0656. The lowest BCUT2D eigenvalue weighted by Gasteiger charge is -2.40. The molecule has 0 atom stereocenters. The predicted octanol–water partition coefficient (Wildman–Crippen LogP) is 5.99. The Morgan fingerprint density at radius 2 is 1.60 bits per heavy atom. The first-order valence-electron chi connectivity index (χ1n) is 12.7. The van der Waals surface area contributed by atoms with Gasteiger partial charge in [-0.05, 0) is 75.1 Å². The van der Waals surface area contributed by atoms with Crippen molar-refractivity contribution in [1.82, 2.24) is 9.80 Å². The fraction of sp³-hybridized carbons (Fsp3) is 0.367. The van der Waals surface area contributed by atoms with E-state index in [2.05, 4.69) is 59.2 Å². The number of nitrogens with zero attached hydrogens (tertiary/aromatic N) is 3. The largest absolute Gasteiger partial charge is 0.508 e. The molecule has 0 spiro atoms. The van der Waals surface area contributed by atoms with Gasteiger partial charge in [-0.2, -0.15) is 0 Å². The zero-order valence-electron chi connectivity index (χ0n) is 21.2. The van der Waals surface area contributed by atoms with Crippen LogP contribution in [0, 0.1) is 6.92 Å². The highest BCUT2D eigenvalue weighted by Crippen LogP contribution is 2.36. The molecule has 1 heterocycles. The summed E-state index contributed by atoms with van der Waals surface area (Å²) in [6.45, 7) is 10.5. The van der Waals surface area contributed by atoms with Gasteiger partial charge in [0.25, 0.3) is 5.91 Å². The van der Waals surface area contributed by atoms with Gasteiger partial charge in [-0.1, -0.05) is 36.4 Å². The normalized spacial score (nSPS) is 14.6. The van der Waals surface area contributed by atoms with E-state index in [1.165, 1.54) is 5.56 Å². The first-order chi connectivity index (χ1) is 17.0. The van der Waals surface area contributed by atoms with Crippen LogP contribution < -0.4 is 4.90 Å². The molecule has 0 bridgehead atoms. The topological polar surface area (TPSA) is 47.0 Å². The fourth-order valence-corrected chi connectivity index (χ4v) is 5.04. The Balaban J connectivity index is 1.57. The number of likely N-dealkylation sites (tertiary alicyclic amines) is 1. The van der Waals surface area contributed by atoms with E-state index in [0.29, 0.717) is 24.7 Å². The van der Waals surface area contributed by atoms with Gasteiger partial charge in [0.15, 0.2) is 0 Å². The molecule has 0 radical (unpaired) electrons. The number of aryl methyl sites for hydroxylation is 1. The third-order valence-corrected chi connectivity index (χ3v) is 7.07. The van der Waals surface area contributed by atoms with Crippen LogP contribution in [-0.2, 0) is 6.54 Å². The summed E-state index contributed by atoms with van der Waals surface area (Å²) in [6.07, 6.45) is 2.06. The summed E-state index contributed by atoms with van der Waals surface area (Å²) in [7, 11) is 0. The molecule has 0 aliphatic carbocycles. The fourth-order valence-electron chi connectivity index (χ4n) is 5.04. The predicted molar refractivity (Wildman–Crippen MR) is 143 cm³/mol. The number of benzene rings is 3. The average molecular weight is 472 g/mol. The Morgan fingerprint density at radius 1 is 0.943 bits per heavy atom. The molecule has 1 aliphatic rings. The van der Waals surface area contributed by atoms with Crippen molar-refractivity contribution < 1.29 is 9.90 Å². The van der Waals surface area contributed by atoms with Crippen molar-refractivity contribution >= 4 is 17.3 Å². The number of carbonyl (C=O) groups excluding carboxylic acids is 1. The number of hydrogen-bond donors (Lipinski definition) is 1. The molecule has 4 rings (SSSR count). The molecule has 184 valence electrons. The number of phenols is 1. The lowest BCUT2D eigenvalue weighted by atomic mass is 9.99. The van der Waals surface area contributed by atoms with Crippen molar-refractivity contribution in [3.63, 3.8) is 0 Å². The number of amides is 1. The van der Waals surface area contributed by atoms with Gasteiger partial charge in [0.05, 0.1) is 0 Å². The van der Waals surface area contributed by atoms with Gasteiger partial charge in [0.2, 0.25) is 0 Å². The minimum Gasteiger partial charge on any atom is -0.508 e. The second kappa shape index (κ2) is 11.4. The second-order valence-corrected chi connectivity index (χ2v) is 9.36. The highest BCUT2D eigenvalue weighted by molar-refractivity contribution is 5.94. The Bertz CT molecular complexity index is 1100. The Labute approximate surface area is 209 Å². The SMILES string of the molecule is CCN(CC)C(=O)c1ccc(N(c2cc(O)ccc2C)C2CCN(Cc3ccccc3)CC2)cc1. The van der Waals surface area contributed by atoms with E-state index in [1.807, 2.05) is 43.0 Å². The molecule has 3 aromatic carbocycles. The molecule has 0 saturated carbocycles. The Kier molecular flexibility index (Phi) is 8.09. The smallest absolute Gasteiger partial charge is 0.253 e. The maximum absolute atomic E-state index is 12.8.